The van der Waals surface area contributed by atoms with Gasteiger partial charge in [0.2, 0.25) is 0 Å². The molecule has 136 valence electrons. The third-order valence-electron chi connectivity index (χ3n) is 4.96. The van der Waals surface area contributed by atoms with Gasteiger partial charge in [-0.05, 0) is 56.2 Å². The van der Waals surface area contributed by atoms with Crippen LogP contribution in [-0.4, -0.2) is 29.0 Å². The molecule has 2 aliphatic rings. The smallest absolute Gasteiger partial charge is 0.253 e. The molecule has 0 radical (unpaired) electrons. The van der Waals surface area contributed by atoms with Crippen LogP contribution < -0.4 is 10.6 Å². The minimum Gasteiger partial charge on any atom is -0.349 e. The molecule has 0 spiro atoms. The zero-order valence-electron chi connectivity index (χ0n) is 14.0. The summed E-state index contributed by atoms with van der Waals surface area (Å²) >= 11 is 1.66. The first-order valence-electron chi connectivity index (χ1n) is 8.26. The number of halogens is 2. The number of hydrogen-bond donors (Lipinski definition) is 2. The lowest BCUT2D eigenvalue weighted by atomic mass is 9.99. The molecule has 0 aliphatic carbocycles. The van der Waals surface area contributed by atoms with Crippen molar-refractivity contribution in [2.45, 2.75) is 50.7 Å². The number of piperidine rings is 1. The Balaban J connectivity index is 0.00000113. The van der Waals surface area contributed by atoms with E-state index in [9.17, 15) is 4.79 Å². The first kappa shape index (κ1) is 20.2. The molecule has 2 aromatic heterocycles. The van der Waals surface area contributed by atoms with Gasteiger partial charge in [-0.3, -0.25) is 9.78 Å². The van der Waals surface area contributed by atoms with Crippen LogP contribution in [0.4, 0.5) is 0 Å². The highest BCUT2D eigenvalue weighted by atomic mass is 35.5. The molecule has 25 heavy (non-hydrogen) atoms. The lowest BCUT2D eigenvalue weighted by Crippen LogP contribution is -2.48. The van der Waals surface area contributed by atoms with Crippen molar-refractivity contribution in [3.63, 3.8) is 0 Å². The number of amides is 1. The van der Waals surface area contributed by atoms with Gasteiger partial charge in [-0.2, -0.15) is 11.3 Å². The average molecular weight is 400 g/mol. The molecule has 7 heteroatoms. The maximum atomic E-state index is 12.6. The summed E-state index contributed by atoms with van der Waals surface area (Å²) in [6, 6.07) is 7.35. The highest BCUT2D eigenvalue weighted by molar-refractivity contribution is 7.08. The van der Waals surface area contributed by atoms with Crippen LogP contribution in [0, 0.1) is 6.92 Å². The van der Waals surface area contributed by atoms with E-state index in [0.717, 1.165) is 29.8 Å². The molecule has 4 heterocycles. The van der Waals surface area contributed by atoms with E-state index < -0.39 is 0 Å². The topological polar surface area (TPSA) is 54.0 Å². The van der Waals surface area contributed by atoms with Crippen LogP contribution in [0.25, 0.3) is 11.3 Å². The fraction of sp³-hybridized carbons (Fsp3) is 0.444. The summed E-state index contributed by atoms with van der Waals surface area (Å²) in [6.45, 7) is 1.91. The van der Waals surface area contributed by atoms with Crippen molar-refractivity contribution in [1.29, 1.82) is 0 Å². The molecule has 2 unspecified atom stereocenters. The Hall–Kier alpha value is -1.14. The molecule has 0 aromatic carbocycles. The van der Waals surface area contributed by atoms with Gasteiger partial charge in [0.1, 0.15) is 0 Å². The highest BCUT2D eigenvalue weighted by Crippen LogP contribution is 2.27. The van der Waals surface area contributed by atoms with E-state index in [0.29, 0.717) is 17.6 Å². The molecule has 2 atom stereocenters. The van der Waals surface area contributed by atoms with Crippen molar-refractivity contribution in [3.05, 3.63) is 40.2 Å². The summed E-state index contributed by atoms with van der Waals surface area (Å²) in [4.78, 5) is 17.2. The number of aryl methyl sites for hydroxylation is 1. The van der Waals surface area contributed by atoms with Gasteiger partial charge >= 0.3 is 0 Å². The molecule has 2 aliphatic heterocycles. The molecule has 0 saturated carbocycles. The zero-order chi connectivity index (χ0) is 15.8. The third-order valence-corrected chi connectivity index (χ3v) is 5.64. The van der Waals surface area contributed by atoms with Gasteiger partial charge in [-0.15, -0.1) is 24.8 Å². The molecule has 2 fully saturated rings. The zero-order valence-corrected chi connectivity index (χ0v) is 16.5. The molecular formula is C18H23Cl2N3OS. The van der Waals surface area contributed by atoms with E-state index in [1.165, 1.54) is 12.8 Å². The number of carbonyl (C=O) groups excluding carboxylic acids is 1. The number of thiophene rings is 1. The van der Waals surface area contributed by atoms with E-state index in [1.807, 2.05) is 24.4 Å². The number of aromatic nitrogens is 1. The Kier molecular flexibility index (Phi) is 6.86. The lowest BCUT2D eigenvalue weighted by Gasteiger charge is -2.29. The largest absolute Gasteiger partial charge is 0.349 e. The van der Waals surface area contributed by atoms with Crippen molar-refractivity contribution in [1.82, 2.24) is 15.6 Å². The number of carbonyl (C=O) groups is 1. The fourth-order valence-electron chi connectivity index (χ4n) is 3.81. The van der Waals surface area contributed by atoms with Crippen molar-refractivity contribution >= 4 is 42.1 Å². The molecule has 4 rings (SSSR count). The molecular weight excluding hydrogens is 377 g/mol. The van der Waals surface area contributed by atoms with Gasteiger partial charge in [0.05, 0.1) is 17.0 Å². The van der Waals surface area contributed by atoms with E-state index in [2.05, 4.69) is 27.1 Å². The summed E-state index contributed by atoms with van der Waals surface area (Å²) in [7, 11) is 0. The quantitative estimate of drug-likeness (QED) is 0.820. The molecule has 2 N–H and O–H groups in total. The van der Waals surface area contributed by atoms with Gasteiger partial charge in [-0.25, -0.2) is 0 Å². The number of hydrogen-bond acceptors (Lipinski definition) is 4. The standard InChI is InChI=1S/C18H21N3OS.2ClH/c1-11-16(4-5-17(19-11)12-6-7-23-10-12)18(22)21-15-8-13-2-3-14(9-15)20-13;;/h4-7,10,13-15,20H,2-3,8-9H2,1H3,(H,21,22);2*1H. The molecule has 2 saturated heterocycles. The van der Waals surface area contributed by atoms with Crippen LogP contribution in [0.1, 0.15) is 41.7 Å². The monoisotopic (exact) mass is 399 g/mol. The highest BCUT2D eigenvalue weighted by Gasteiger charge is 2.34. The predicted molar refractivity (Wildman–Crippen MR) is 107 cm³/mol. The van der Waals surface area contributed by atoms with Gasteiger partial charge in [0.25, 0.3) is 5.91 Å². The van der Waals surface area contributed by atoms with E-state index in [-0.39, 0.29) is 36.8 Å². The Morgan fingerprint density at radius 3 is 2.52 bits per heavy atom. The van der Waals surface area contributed by atoms with E-state index in [4.69, 9.17) is 0 Å². The number of nitrogens with one attached hydrogen (secondary N) is 2. The number of fused-ring (bicyclic) bond motifs is 2. The number of pyridine rings is 1. The molecule has 2 aromatic rings. The van der Waals surface area contributed by atoms with Crippen molar-refractivity contribution in [3.8, 4) is 11.3 Å². The normalized spacial score (nSPS) is 24.1. The minimum atomic E-state index is 0. The van der Waals surface area contributed by atoms with Crippen LogP contribution in [-0.2, 0) is 0 Å². The van der Waals surface area contributed by atoms with E-state index >= 15 is 0 Å². The molecule has 1 amide bonds. The van der Waals surface area contributed by atoms with Gasteiger partial charge < -0.3 is 10.6 Å². The van der Waals surface area contributed by atoms with Crippen molar-refractivity contribution in [2.24, 2.45) is 0 Å². The summed E-state index contributed by atoms with van der Waals surface area (Å²) in [6.07, 6.45) is 4.57. The molecule has 2 bridgehead atoms. The summed E-state index contributed by atoms with van der Waals surface area (Å²) in [5.74, 6) is 0.0122. The summed E-state index contributed by atoms with van der Waals surface area (Å²) < 4.78 is 0. The maximum absolute atomic E-state index is 12.6. The third kappa shape index (κ3) is 4.34. The Morgan fingerprint density at radius 1 is 1.20 bits per heavy atom. The first-order chi connectivity index (χ1) is 11.2. The van der Waals surface area contributed by atoms with Crippen molar-refractivity contribution in [2.75, 3.05) is 0 Å². The van der Waals surface area contributed by atoms with Crippen LogP contribution in [0.2, 0.25) is 0 Å². The fourth-order valence-corrected chi connectivity index (χ4v) is 4.46. The van der Waals surface area contributed by atoms with Crippen LogP contribution in [0.15, 0.2) is 29.0 Å². The Bertz CT molecular complexity index is 711. The van der Waals surface area contributed by atoms with E-state index in [1.54, 1.807) is 11.3 Å². The summed E-state index contributed by atoms with van der Waals surface area (Å²) in [5.41, 5.74) is 3.53. The van der Waals surface area contributed by atoms with Crippen molar-refractivity contribution < 1.29 is 4.79 Å². The summed E-state index contributed by atoms with van der Waals surface area (Å²) in [5, 5.41) is 10.9. The van der Waals surface area contributed by atoms with Gasteiger partial charge in [-0.1, -0.05) is 0 Å². The Morgan fingerprint density at radius 2 is 1.92 bits per heavy atom. The van der Waals surface area contributed by atoms with Crippen LogP contribution in [0.3, 0.4) is 0 Å². The second-order valence-electron chi connectivity index (χ2n) is 6.62. The first-order valence-corrected chi connectivity index (χ1v) is 9.20. The van der Waals surface area contributed by atoms with Gasteiger partial charge in [0, 0.05) is 29.1 Å². The van der Waals surface area contributed by atoms with Gasteiger partial charge in [0.15, 0.2) is 0 Å². The second-order valence-corrected chi connectivity index (χ2v) is 7.40. The maximum Gasteiger partial charge on any atom is 0.253 e. The SMILES string of the molecule is Cc1nc(-c2ccsc2)ccc1C(=O)NC1CC2CCC(C1)N2.Cl.Cl. The minimum absolute atomic E-state index is 0. The Labute approximate surface area is 164 Å². The molecule has 4 nitrogen and oxygen atoms in total. The average Bonchev–Trinajstić information content (AvgIpc) is 3.17. The lowest BCUT2D eigenvalue weighted by molar-refractivity contribution is 0.0923. The predicted octanol–water partition coefficient (Wildman–Crippen LogP) is 3.97. The number of rotatable bonds is 3. The van der Waals surface area contributed by atoms with Crippen LogP contribution >= 0.6 is 36.2 Å². The van der Waals surface area contributed by atoms with Crippen LogP contribution in [0.5, 0.6) is 0 Å². The second kappa shape index (κ2) is 8.49. The number of nitrogens with zero attached hydrogens (tertiary/aromatic N) is 1.